The fourth-order valence-corrected chi connectivity index (χ4v) is 13.9. The number of terminal acetylenes is 11. The highest BCUT2D eigenvalue weighted by Gasteiger charge is 2.32. The minimum absolute atomic E-state index is 0.00315. The molecule has 137 heavy (non-hydrogen) atoms. The van der Waals surface area contributed by atoms with Crippen molar-refractivity contribution in [2.45, 2.75) is 71.8 Å². The van der Waals surface area contributed by atoms with Gasteiger partial charge in [-0.2, -0.15) is 0 Å². The molecule has 684 valence electrons. The lowest BCUT2D eigenvalue weighted by atomic mass is 9.71. The van der Waals surface area contributed by atoms with Crippen molar-refractivity contribution in [2.75, 3.05) is 72.7 Å². The highest BCUT2D eigenvalue weighted by atomic mass is 16.5. The van der Waals surface area contributed by atoms with Gasteiger partial charge in [0.05, 0.1) is 0 Å². The van der Waals surface area contributed by atoms with Crippen LogP contribution in [0.5, 0.6) is 121 Å². The molecule has 0 saturated heterocycles. The van der Waals surface area contributed by atoms with Crippen LogP contribution in [0.3, 0.4) is 0 Å². The number of aromatic hydroxyl groups is 1. The Labute approximate surface area is 799 Å². The summed E-state index contributed by atoms with van der Waals surface area (Å²) in [5.74, 6) is 36.8. The molecule has 0 atom stereocenters. The Bertz CT molecular complexity index is 5970. The molecule has 0 aromatic heterocycles. The Kier molecular flexibility index (Phi) is 36.5. The number of benzene rings is 12. The Hall–Kier alpha value is -18.4. The van der Waals surface area contributed by atoms with Crippen molar-refractivity contribution in [2.24, 2.45) is 0 Å². The standard InChI is InChI=1S/C116H94O21/c1-13-36-118-99-48-83(47-95(117)65-99)74-132-110-59-89(60-111(71-110)133-78-84-49-100(119-37-14-2)66-101(50-84)120-38-15-3)75-129-96-30-24-92(25-31-96)116(12,93-26-32-97(33-27-93)130-76-90-61-112(134-79-85-51-102(121-39-16-4)67-103(52-85)122-40-17-5)72-113(62-90)135-80-86-53-104(123-41-18-6)68-105(54-86)124-42-19-7)94-28-34-98(35-29-94)131-77-91-63-114(136-81-87-55-106(125-43-20-8)69-107(56-87)126-44-21-9)73-115(64-91)137-82-88-57-108(127-45-22-10)70-109(58-88)128-46-23-11/h1-11,24-35,47-73,117H,36-46,74-82H2,12H3. The molecule has 0 spiro atoms. The molecule has 0 radical (unpaired) electrons. The molecule has 0 fully saturated rings. The van der Waals surface area contributed by atoms with Gasteiger partial charge < -0.3 is 99.8 Å². The number of phenols is 1. The number of rotatable bonds is 52. The summed E-state index contributed by atoms with van der Waals surface area (Å²) in [7, 11) is 0. The minimum Gasteiger partial charge on any atom is -0.508 e. The first kappa shape index (κ1) is 97.7. The second kappa shape index (κ2) is 51.3. The third kappa shape index (κ3) is 30.6. The SMILES string of the molecule is C#CCOc1cc(O)cc(COc2cc(COc3ccc(C(C)(c4ccc(OCc5cc(OCc6cc(OCC#C)cc(OCC#C)c6)cc(OCc6cc(OCC#C)cc(OCC#C)c6)c5)cc4)c4ccc(OCc5cc(OCc6cc(OCC#C)cc(OCC#C)c6)cc(OCc6cc(OCC#C)cc(OCC#C)c6)c5)cc4)cc3)cc(OCc3cc(OCC#C)cc(OCC#C)c3)c2)c1. The zero-order valence-electron chi connectivity index (χ0n) is 75.1. The van der Waals surface area contributed by atoms with Gasteiger partial charge in [-0.1, -0.05) is 102 Å². The van der Waals surface area contributed by atoms with E-state index in [1.807, 2.05) is 109 Å². The van der Waals surface area contributed by atoms with Crippen LogP contribution in [-0.2, 0) is 64.9 Å². The molecule has 21 heteroatoms. The molecule has 0 unspecified atom stereocenters. The summed E-state index contributed by atoms with van der Waals surface area (Å²) in [5, 5.41) is 10.7. The highest BCUT2D eigenvalue weighted by Crippen LogP contribution is 2.43. The average Bonchev–Trinajstić information content (AvgIpc) is 0.759. The van der Waals surface area contributed by atoms with E-state index in [9.17, 15) is 5.11 Å². The van der Waals surface area contributed by atoms with Crippen LogP contribution < -0.4 is 94.7 Å². The molecule has 0 aliphatic carbocycles. The first-order chi connectivity index (χ1) is 67.0. The smallest absolute Gasteiger partial charge is 0.148 e. The van der Waals surface area contributed by atoms with Gasteiger partial charge in [0.2, 0.25) is 0 Å². The van der Waals surface area contributed by atoms with Crippen molar-refractivity contribution in [3.05, 3.63) is 303 Å². The fourth-order valence-electron chi connectivity index (χ4n) is 13.9. The molecular weight excluding hydrogens is 1730 g/mol. The van der Waals surface area contributed by atoms with Crippen molar-refractivity contribution in [3.63, 3.8) is 0 Å². The van der Waals surface area contributed by atoms with Crippen LogP contribution in [0.1, 0.15) is 73.7 Å². The Morgan fingerprint density at radius 1 is 0.168 bits per heavy atom. The largest absolute Gasteiger partial charge is 0.508 e. The van der Waals surface area contributed by atoms with Crippen LogP contribution >= 0.6 is 0 Å². The molecule has 0 aliphatic heterocycles. The van der Waals surface area contributed by atoms with E-state index >= 15 is 0 Å². The van der Waals surface area contributed by atoms with E-state index in [0.29, 0.717) is 165 Å². The maximum absolute atomic E-state index is 10.7. The first-order valence-corrected chi connectivity index (χ1v) is 42.6. The molecular formula is C116H94O21. The van der Waals surface area contributed by atoms with Crippen molar-refractivity contribution in [3.8, 4) is 257 Å². The molecule has 21 nitrogen and oxygen atoms in total. The van der Waals surface area contributed by atoms with E-state index in [2.05, 4.69) is 72.0 Å². The minimum atomic E-state index is -0.876. The molecule has 1 N–H and O–H groups in total. The van der Waals surface area contributed by atoms with Gasteiger partial charge in [-0.25, -0.2) is 0 Å². The number of phenolic OH excluding ortho intramolecular Hbond substituents is 1. The fraction of sp³-hybridized carbons (Fsp3) is 0.190. The monoisotopic (exact) mass is 1820 g/mol. The third-order valence-electron chi connectivity index (χ3n) is 20.0. The second-order valence-electron chi connectivity index (χ2n) is 30.1. The number of hydrogen-bond acceptors (Lipinski definition) is 21. The molecule has 0 heterocycles. The zero-order chi connectivity index (χ0) is 96.2. The lowest BCUT2D eigenvalue weighted by Gasteiger charge is -2.32. The van der Waals surface area contributed by atoms with E-state index in [0.717, 1.165) is 16.7 Å². The molecule has 0 amide bonds. The normalized spacial score (nSPS) is 10.3. The quantitative estimate of drug-likeness (QED) is 0.0278. The van der Waals surface area contributed by atoms with Crippen molar-refractivity contribution in [1.29, 1.82) is 0 Å². The summed E-state index contributed by atoms with van der Waals surface area (Å²) in [6.45, 7) is 3.03. The summed E-state index contributed by atoms with van der Waals surface area (Å²) in [6, 6.07) is 71.5. The van der Waals surface area contributed by atoms with Crippen molar-refractivity contribution < 1.29 is 99.8 Å². The van der Waals surface area contributed by atoms with Crippen LogP contribution in [0.4, 0.5) is 0 Å². The Morgan fingerprint density at radius 2 is 0.292 bits per heavy atom. The lowest BCUT2D eigenvalue weighted by Crippen LogP contribution is -2.25. The maximum Gasteiger partial charge on any atom is 0.148 e. The number of ether oxygens (including phenoxy) is 20. The molecule has 12 aromatic rings. The zero-order valence-corrected chi connectivity index (χ0v) is 75.1. The third-order valence-corrected chi connectivity index (χ3v) is 20.0. The van der Waals surface area contributed by atoms with Gasteiger partial charge in [0.15, 0.2) is 0 Å². The summed E-state index contributed by atoms with van der Waals surface area (Å²) in [5.41, 5.74) is 8.04. The topological polar surface area (TPSA) is 205 Å². The van der Waals surface area contributed by atoms with Crippen LogP contribution in [-0.4, -0.2) is 77.8 Å². The van der Waals surface area contributed by atoms with Gasteiger partial charge in [-0.15, -0.1) is 70.7 Å². The van der Waals surface area contributed by atoms with Gasteiger partial charge in [0, 0.05) is 60.0 Å². The Morgan fingerprint density at radius 3 is 0.438 bits per heavy atom. The van der Waals surface area contributed by atoms with E-state index in [1.54, 1.807) is 121 Å². The molecule has 0 bridgehead atoms. The Balaban J connectivity index is 0.853. The van der Waals surface area contributed by atoms with E-state index in [1.165, 1.54) is 6.07 Å². The average molecular weight is 1820 g/mol. The summed E-state index contributed by atoms with van der Waals surface area (Å²) < 4.78 is 123. The van der Waals surface area contributed by atoms with E-state index in [-0.39, 0.29) is 138 Å². The molecule has 12 rings (SSSR count). The second-order valence-corrected chi connectivity index (χ2v) is 30.1. The first-order valence-electron chi connectivity index (χ1n) is 42.6. The summed E-state index contributed by atoms with van der Waals surface area (Å²) in [6.07, 6.45) is 61.1. The van der Waals surface area contributed by atoms with Gasteiger partial charge in [-0.3, -0.25) is 0 Å². The highest BCUT2D eigenvalue weighted by molar-refractivity contribution is 5.54. The van der Waals surface area contributed by atoms with Gasteiger partial charge in [0.1, 0.15) is 253 Å². The van der Waals surface area contributed by atoms with E-state index < -0.39 is 5.41 Å². The molecule has 0 aliphatic rings. The van der Waals surface area contributed by atoms with Crippen LogP contribution in [0.2, 0.25) is 0 Å². The predicted molar refractivity (Wildman–Crippen MR) is 521 cm³/mol. The van der Waals surface area contributed by atoms with Crippen molar-refractivity contribution in [1.82, 2.24) is 0 Å². The summed E-state index contributed by atoms with van der Waals surface area (Å²) >= 11 is 0. The molecule has 0 saturated carbocycles. The van der Waals surface area contributed by atoms with Gasteiger partial charge >= 0.3 is 0 Å². The predicted octanol–water partition coefficient (Wildman–Crippen LogP) is 19.1. The van der Waals surface area contributed by atoms with Gasteiger partial charge in [-0.05, 0) is 219 Å². The van der Waals surface area contributed by atoms with Gasteiger partial charge in [0.25, 0.3) is 0 Å². The summed E-state index contributed by atoms with van der Waals surface area (Å²) in [4.78, 5) is 0. The van der Waals surface area contributed by atoms with Crippen LogP contribution in [0.15, 0.2) is 237 Å². The lowest BCUT2D eigenvalue weighted by molar-refractivity contribution is 0.279. The maximum atomic E-state index is 10.7. The van der Waals surface area contributed by atoms with Crippen molar-refractivity contribution >= 4 is 0 Å². The number of hydrogen-bond donors (Lipinski definition) is 1. The van der Waals surface area contributed by atoms with Crippen LogP contribution in [0, 0.1) is 136 Å². The van der Waals surface area contributed by atoms with Crippen LogP contribution in [0.25, 0.3) is 0 Å². The molecule has 12 aromatic carbocycles. The van der Waals surface area contributed by atoms with E-state index in [4.69, 9.17) is 165 Å².